The Morgan fingerprint density at radius 2 is 2.10 bits per heavy atom. The third-order valence-corrected chi connectivity index (χ3v) is 7.31. The molecule has 1 unspecified atom stereocenters. The topological polar surface area (TPSA) is 127 Å². The Morgan fingerprint density at radius 1 is 1.25 bits per heavy atom. The first-order valence-electron chi connectivity index (χ1n) is 13.7. The van der Waals surface area contributed by atoms with Crippen molar-refractivity contribution in [3.05, 3.63) is 49.0 Å². The van der Waals surface area contributed by atoms with Gasteiger partial charge < -0.3 is 29.2 Å². The average Bonchev–Trinajstić information content (AvgIpc) is 3.63. The number of hydrogen-bond donors (Lipinski definition) is 2. The average molecular weight is 547 g/mol. The summed E-state index contributed by atoms with van der Waals surface area (Å²) >= 11 is 0. The van der Waals surface area contributed by atoms with Gasteiger partial charge in [-0.15, -0.1) is 5.10 Å². The van der Waals surface area contributed by atoms with Crippen LogP contribution >= 0.6 is 0 Å². The van der Waals surface area contributed by atoms with Crippen LogP contribution in [0.2, 0.25) is 0 Å². The number of furan rings is 1. The van der Waals surface area contributed by atoms with Crippen LogP contribution in [-0.4, -0.2) is 61.6 Å². The van der Waals surface area contributed by atoms with Gasteiger partial charge in [-0.25, -0.2) is 19.3 Å². The number of alkyl carbamates (subject to hydrolysis) is 1. The largest absolute Gasteiger partial charge is 0.454 e. The molecule has 0 bridgehead atoms. The second-order valence-corrected chi connectivity index (χ2v) is 11.4. The number of imidazole rings is 1. The van der Waals surface area contributed by atoms with Crippen LogP contribution in [-0.2, 0) is 4.74 Å². The van der Waals surface area contributed by atoms with Crippen LogP contribution in [0.3, 0.4) is 0 Å². The van der Waals surface area contributed by atoms with Gasteiger partial charge in [0, 0.05) is 24.8 Å². The molecule has 210 valence electrons. The van der Waals surface area contributed by atoms with Gasteiger partial charge in [-0.05, 0) is 76.6 Å². The second-order valence-electron chi connectivity index (χ2n) is 11.4. The molecular weight excluding hydrogens is 512 g/mol. The number of carbonyl (C=O) groups is 1. The normalized spacial score (nSPS) is 21.3. The zero-order valence-corrected chi connectivity index (χ0v) is 22.9. The summed E-state index contributed by atoms with van der Waals surface area (Å²) < 4.78 is 19.0. The van der Waals surface area contributed by atoms with Crippen molar-refractivity contribution in [2.45, 2.75) is 64.1 Å². The van der Waals surface area contributed by atoms with E-state index >= 15 is 0 Å². The van der Waals surface area contributed by atoms with Crippen LogP contribution in [0.1, 0.15) is 46.5 Å². The summed E-state index contributed by atoms with van der Waals surface area (Å²) in [5.74, 6) is 2.17. The van der Waals surface area contributed by atoms with Crippen molar-refractivity contribution in [1.29, 1.82) is 0 Å². The Kier molecular flexibility index (Phi) is 6.83. The summed E-state index contributed by atoms with van der Waals surface area (Å²) in [6.45, 7) is 6.50. The van der Waals surface area contributed by atoms with Gasteiger partial charge in [0.25, 0.3) is 0 Å². The Morgan fingerprint density at radius 3 is 2.90 bits per heavy atom. The van der Waals surface area contributed by atoms with E-state index in [9.17, 15) is 9.90 Å². The summed E-state index contributed by atoms with van der Waals surface area (Å²) in [6, 6.07) is 7.58. The zero-order chi connectivity index (χ0) is 27.9. The van der Waals surface area contributed by atoms with E-state index in [4.69, 9.17) is 13.9 Å². The maximum Gasteiger partial charge on any atom is 0.407 e. The molecule has 5 heterocycles. The van der Waals surface area contributed by atoms with Crippen molar-refractivity contribution >= 4 is 28.5 Å². The summed E-state index contributed by atoms with van der Waals surface area (Å²) in [7, 11) is 0. The molecule has 1 saturated heterocycles. The molecule has 0 aromatic carbocycles. The Hall–Kier alpha value is -4.12. The number of carbonyl (C=O) groups excluding carboxylic acids is 1. The van der Waals surface area contributed by atoms with E-state index in [0.29, 0.717) is 34.5 Å². The molecule has 1 amide bonds. The quantitative estimate of drug-likeness (QED) is 0.317. The van der Waals surface area contributed by atoms with Crippen molar-refractivity contribution in [2.24, 2.45) is 5.92 Å². The number of ether oxygens (including phenoxy) is 2. The number of nitrogens with one attached hydrogen (secondary N) is 1. The molecule has 1 aliphatic carbocycles. The monoisotopic (exact) mass is 546 g/mol. The number of aromatic nitrogens is 4. The Bertz CT molecular complexity index is 1550. The molecule has 2 aliphatic rings. The number of allylic oxidation sites excluding steroid dienone is 1. The highest BCUT2D eigenvalue weighted by Crippen LogP contribution is 2.35. The van der Waals surface area contributed by atoms with Crippen LogP contribution < -0.4 is 15.0 Å². The van der Waals surface area contributed by atoms with Crippen molar-refractivity contribution in [1.82, 2.24) is 24.9 Å². The van der Waals surface area contributed by atoms with E-state index in [-0.39, 0.29) is 24.8 Å². The molecule has 4 aromatic heterocycles. The third kappa shape index (κ3) is 5.33. The van der Waals surface area contributed by atoms with E-state index in [1.807, 2.05) is 45.0 Å². The molecule has 4 aromatic rings. The molecule has 1 aliphatic heterocycles. The highest BCUT2D eigenvalue weighted by atomic mass is 16.6. The number of hydrogen-bond acceptors (Lipinski definition) is 9. The number of fused-ring (bicyclic) bond motifs is 2. The molecule has 0 radical (unpaired) electrons. The molecule has 40 heavy (non-hydrogen) atoms. The molecule has 0 spiro atoms. The first kappa shape index (κ1) is 26.1. The van der Waals surface area contributed by atoms with E-state index in [2.05, 4.69) is 25.3 Å². The van der Waals surface area contributed by atoms with Crippen LogP contribution in [0.15, 0.2) is 53.4 Å². The van der Waals surface area contributed by atoms with Crippen molar-refractivity contribution in [3.8, 4) is 17.3 Å². The third-order valence-electron chi connectivity index (χ3n) is 7.31. The lowest BCUT2D eigenvalue weighted by Crippen LogP contribution is -2.45. The second kappa shape index (κ2) is 10.5. The molecule has 2 N–H and O–H groups in total. The number of pyridine rings is 1. The minimum absolute atomic E-state index is 0.0636. The fraction of sp³-hybridized carbons (Fsp3) is 0.448. The summed E-state index contributed by atoms with van der Waals surface area (Å²) in [6.07, 6.45) is 10.3. The lowest BCUT2D eigenvalue weighted by atomic mass is 9.80. The van der Waals surface area contributed by atoms with Gasteiger partial charge in [0.1, 0.15) is 22.7 Å². The predicted molar refractivity (Wildman–Crippen MR) is 149 cm³/mol. The molecule has 2 fully saturated rings. The van der Waals surface area contributed by atoms with Gasteiger partial charge >= 0.3 is 6.09 Å². The number of rotatable bonds is 7. The Balaban J connectivity index is 1.14. The highest BCUT2D eigenvalue weighted by Gasteiger charge is 2.30. The molecule has 6 rings (SSSR count). The van der Waals surface area contributed by atoms with Crippen LogP contribution in [0.5, 0.6) is 5.88 Å². The van der Waals surface area contributed by atoms with Crippen LogP contribution in [0.25, 0.3) is 28.1 Å². The molecule has 11 heteroatoms. The van der Waals surface area contributed by atoms with Crippen LogP contribution in [0.4, 0.5) is 10.6 Å². The van der Waals surface area contributed by atoms with E-state index in [0.717, 1.165) is 43.4 Å². The standard InChI is InChI=1S/C29H34N6O5/c1-29(2,3)40-28(37)32-19-13-18(14-19)9-12-38-26-7-6-25-31-16-22(35(25)33-26)24-15-21-23(39-24)8-10-30-27(21)34-11-4-5-20(34)17-36/h6-10,12,15-16,18-20,36H,4-5,11,13-14,17H2,1-3H3,(H,32,37). The summed E-state index contributed by atoms with van der Waals surface area (Å²) in [5.41, 5.74) is 1.57. The number of amides is 1. The predicted octanol–water partition coefficient (Wildman–Crippen LogP) is 4.69. The number of anilines is 1. The smallest absolute Gasteiger partial charge is 0.407 e. The minimum Gasteiger partial charge on any atom is -0.454 e. The van der Waals surface area contributed by atoms with E-state index in [1.165, 1.54) is 0 Å². The van der Waals surface area contributed by atoms with Gasteiger partial charge in [-0.3, -0.25) is 0 Å². The molecule has 1 atom stereocenters. The molecular formula is C29H34N6O5. The number of aliphatic hydroxyl groups excluding tert-OH is 1. The maximum atomic E-state index is 11.9. The van der Waals surface area contributed by atoms with Crippen LogP contribution in [0, 0.1) is 5.92 Å². The lowest BCUT2D eigenvalue weighted by Gasteiger charge is -2.34. The van der Waals surface area contributed by atoms with E-state index in [1.54, 1.807) is 29.2 Å². The highest BCUT2D eigenvalue weighted by molar-refractivity contribution is 5.92. The van der Waals surface area contributed by atoms with Gasteiger partial charge in [0.2, 0.25) is 5.88 Å². The first-order valence-corrected chi connectivity index (χ1v) is 13.7. The van der Waals surface area contributed by atoms with Crippen molar-refractivity contribution < 1.29 is 23.8 Å². The maximum absolute atomic E-state index is 11.9. The SMILES string of the molecule is CC(C)(C)OC(=O)NC1CC(C=COc2ccc3ncc(-c4cc5c(N6CCCC6CO)nccc5o4)n3n2)C1. The fourth-order valence-electron chi connectivity index (χ4n) is 5.33. The lowest BCUT2D eigenvalue weighted by molar-refractivity contribution is 0.0465. The summed E-state index contributed by atoms with van der Waals surface area (Å²) in [5, 5.41) is 18.2. The minimum atomic E-state index is -0.508. The summed E-state index contributed by atoms with van der Waals surface area (Å²) in [4.78, 5) is 23.2. The van der Waals surface area contributed by atoms with Gasteiger partial charge in [-0.2, -0.15) is 0 Å². The fourth-order valence-corrected chi connectivity index (χ4v) is 5.33. The van der Waals surface area contributed by atoms with Gasteiger partial charge in [0.15, 0.2) is 11.4 Å². The van der Waals surface area contributed by atoms with Gasteiger partial charge in [0.05, 0.1) is 30.5 Å². The van der Waals surface area contributed by atoms with Crippen molar-refractivity contribution in [2.75, 3.05) is 18.1 Å². The molecule has 1 saturated carbocycles. The first-order chi connectivity index (χ1) is 19.3. The molecule has 11 nitrogen and oxygen atoms in total. The number of aliphatic hydroxyl groups is 1. The number of nitrogens with zero attached hydrogens (tertiary/aromatic N) is 5. The van der Waals surface area contributed by atoms with E-state index < -0.39 is 5.60 Å². The van der Waals surface area contributed by atoms with Crippen molar-refractivity contribution in [3.63, 3.8) is 0 Å². The van der Waals surface area contributed by atoms with Gasteiger partial charge in [-0.1, -0.05) is 0 Å². The zero-order valence-electron chi connectivity index (χ0n) is 22.9. The Labute approximate surface area is 231 Å².